The molecule has 0 aromatic carbocycles. The van der Waals surface area contributed by atoms with Crippen LogP contribution in [0.1, 0.15) is 239 Å². The van der Waals surface area contributed by atoms with E-state index in [1.165, 1.54) is 193 Å². The minimum atomic E-state index is 0.0190. The lowest BCUT2D eigenvalue weighted by Gasteiger charge is -2.06. The van der Waals surface area contributed by atoms with E-state index in [1.807, 2.05) is 0 Å². The predicted octanol–water partition coefficient (Wildman–Crippen LogP) is 15.0. The summed E-state index contributed by atoms with van der Waals surface area (Å²) >= 11 is 0. The van der Waals surface area contributed by atoms with Crippen molar-refractivity contribution in [1.82, 2.24) is 0 Å². The highest BCUT2D eigenvalue weighted by molar-refractivity contribution is 5.69. The number of allylic oxidation sites excluding steroid dienone is 2. The molecule has 0 amide bonds. The van der Waals surface area contributed by atoms with E-state index in [2.05, 4.69) is 32.9 Å². The first-order chi connectivity index (χ1) is 21.7. The van der Waals surface area contributed by atoms with Crippen LogP contribution in [-0.2, 0) is 9.53 Å². The van der Waals surface area contributed by atoms with E-state index >= 15 is 0 Å². The van der Waals surface area contributed by atoms with E-state index in [9.17, 15) is 4.79 Å². The SMILES string of the molecule is CCCCCCCCC=CCCCCCCCC(=O)OCCCCCCCCCCCCCCCCCCCCCC(C)C. The second-order valence-corrected chi connectivity index (χ2v) is 14.5. The molecule has 0 fully saturated rings. The number of rotatable bonds is 37. The van der Waals surface area contributed by atoms with Crippen LogP contribution in [0.15, 0.2) is 12.2 Å². The molecule has 0 bridgehead atoms. The number of carbonyl (C=O) groups is 1. The van der Waals surface area contributed by atoms with Gasteiger partial charge in [-0.1, -0.05) is 206 Å². The topological polar surface area (TPSA) is 26.3 Å². The van der Waals surface area contributed by atoms with Gasteiger partial charge < -0.3 is 4.74 Å². The molecule has 0 atom stereocenters. The fourth-order valence-corrected chi connectivity index (χ4v) is 6.26. The number of carbonyl (C=O) groups excluding carboxylic acids is 1. The second-order valence-electron chi connectivity index (χ2n) is 14.5. The van der Waals surface area contributed by atoms with Gasteiger partial charge >= 0.3 is 5.97 Å². The maximum atomic E-state index is 12.0. The van der Waals surface area contributed by atoms with Crippen LogP contribution >= 0.6 is 0 Å². The molecule has 2 nitrogen and oxygen atoms in total. The predicted molar refractivity (Wildman–Crippen MR) is 198 cm³/mol. The van der Waals surface area contributed by atoms with Crippen molar-refractivity contribution in [2.45, 2.75) is 239 Å². The van der Waals surface area contributed by atoms with Gasteiger partial charge in [-0.3, -0.25) is 4.79 Å². The standard InChI is InChI=1S/C42H82O2/c1-4-5-6-7-8-9-10-11-17-21-24-27-30-33-36-39-42(43)44-40-37-34-31-28-25-22-19-16-14-12-13-15-18-20-23-26-29-32-35-38-41(2)3/h11,17,41H,4-10,12-16,18-40H2,1-3H3. The Bertz CT molecular complexity index is 566. The van der Waals surface area contributed by atoms with Gasteiger partial charge in [-0.05, 0) is 44.4 Å². The summed E-state index contributed by atoms with van der Waals surface area (Å²) in [4.78, 5) is 12.0. The summed E-state index contributed by atoms with van der Waals surface area (Å²) in [6.07, 6.45) is 50.1. The number of ether oxygens (including phenoxy) is 1. The number of hydrogen-bond acceptors (Lipinski definition) is 2. The maximum Gasteiger partial charge on any atom is 0.305 e. The molecule has 2 heteroatoms. The van der Waals surface area contributed by atoms with Gasteiger partial charge in [0.05, 0.1) is 6.61 Å². The average molecular weight is 619 g/mol. The lowest BCUT2D eigenvalue weighted by molar-refractivity contribution is -0.143. The number of esters is 1. The molecule has 0 rings (SSSR count). The number of hydrogen-bond donors (Lipinski definition) is 0. The van der Waals surface area contributed by atoms with Crippen molar-refractivity contribution >= 4 is 5.97 Å². The second kappa shape index (κ2) is 38.4. The summed E-state index contributed by atoms with van der Waals surface area (Å²) in [5, 5.41) is 0. The van der Waals surface area contributed by atoms with Crippen molar-refractivity contribution in [3.8, 4) is 0 Å². The first-order valence-corrected chi connectivity index (χ1v) is 20.5. The van der Waals surface area contributed by atoms with Crippen LogP contribution in [-0.4, -0.2) is 12.6 Å². The van der Waals surface area contributed by atoms with Crippen LogP contribution < -0.4 is 0 Å². The summed E-state index contributed by atoms with van der Waals surface area (Å²) in [7, 11) is 0. The van der Waals surface area contributed by atoms with E-state index in [1.54, 1.807) is 0 Å². The molecule has 0 saturated carbocycles. The first-order valence-electron chi connectivity index (χ1n) is 20.5. The molecule has 0 saturated heterocycles. The molecule has 0 aromatic rings. The number of unbranched alkanes of at least 4 members (excludes halogenated alkanes) is 29. The molecule has 0 radical (unpaired) electrons. The van der Waals surface area contributed by atoms with Crippen LogP contribution in [0.25, 0.3) is 0 Å². The van der Waals surface area contributed by atoms with Crippen molar-refractivity contribution in [2.75, 3.05) is 6.61 Å². The van der Waals surface area contributed by atoms with E-state index in [4.69, 9.17) is 4.74 Å². The smallest absolute Gasteiger partial charge is 0.305 e. The van der Waals surface area contributed by atoms with Gasteiger partial charge in [-0.2, -0.15) is 0 Å². The van der Waals surface area contributed by atoms with Crippen LogP contribution in [0.3, 0.4) is 0 Å². The fourth-order valence-electron chi connectivity index (χ4n) is 6.26. The molecule has 0 aliphatic rings. The molecule has 0 aliphatic carbocycles. The quantitative estimate of drug-likeness (QED) is 0.0393. The van der Waals surface area contributed by atoms with Gasteiger partial charge in [-0.15, -0.1) is 0 Å². The van der Waals surface area contributed by atoms with Crippen molar-refractivity contribution in [3.63, 3.8) is 0 Å². The van der Waals surface area contributed by atoms with Crippen molar-refractivity contribution in [3.05, 3.63) is 12.2 Å². The van der Waals surface area contributed by atoms with Crippen LogP contribution in [0.4, 0.5) is 0 Å². The third-order valence-electron chi connectivity index (χ3n) is 9.33. The minimum absolute atomic E-state index is 0.0190. The highest BCUT2D eigenvalue weighted by Gasteiger charge is 2.03. The van der Waals surface area contributed by atoms with E-state index in [-0.39, 0.29) is 5.97 Å². The maximum absolute atomic E-state index is 12.0. The van der Waals surface area contributed by atoms with E-state index in [0.29, 0.717) is 13.0 Å². The van der Waals surface area contributed by atoms with Gasteiger partial charge in [-0.25, -0.2) is 0 Å². The molecular weight excluding hydrogens is 536 g/mol. The summed E-state index contributed by atoms with van der Waals surface area (Å²) in [6, 6.07) is 0. The Morgan fingerprint density at radius 1 is 0.455 bits per heavy atom. The van der Waals surface area contributed by atoms with Gasteiger partial charge in [0.2, 0.25) is 0 Å². The molecule has 44 heavy (non-hydrogen) atoms. The third kappa shape index (κ3) is 39.2. The summed E-state index contributed by atoms with van der Waals surface area (Å²) in [5.74, 6) is 0.901. The zero-order chi connectivity index (χ0) is 32.0. The Kier molecular flexibility index (Phi) is 37.7. The Morgan fingerprint density at radius 2 is 0.795 bits per heavy atom. The van der Waals surface area contributed by atoms with E-state index in [0.717, 1.165) is 25.2 Å². The van der Waals surface area contributed by atoms with Gasteiger partial charge in [0, 0.05) is 6.42 Å². The Hall–Kier alpha value is -0.790. The molecular formula is C42H82O2. The normalized spacial score (nSPS) is 11.7. The molecule has 0 spiro atoms. The highest BCUT2D eigenvalue weighted by Crippen LogP contribution is 2.16. The van der Waals surface area contributed by atoms with Gasteiger partial charge in [0.25, 0.3) is 0 Å². The largest absolute Gasteiger partial charge is 0.466 e. The average Bonchev–Trinajstić information content (AvgIpc) is 3.01. The van der Waals surface area contributed by atoms with Gasteiger partial charge in [0.15, 0.2) is 0 Å². The Balaban J connectivity index is 3.17. The zero-order valence-corrected chi connectivity index (χ0v) is 30.8. The van der Waals surface area contributed by atoms with Gasteiger partial charge in [0.1, 0.15) is 0 Å². The van der Waals surface area contributed by atoms with Crippen LogP contribution in [0, 0.1) is 5.92 Å². The zero-order valence-electron chi connectivity index (χ0n) is 30.8. The lowest BCUT2D eigenvalue weighted by atomic mass is 10.0. The van der Waals surface area contributed by atoms with E-state index < -0.39 is 0 Å². The van der Waals surface area contributed by atoms with Crippen molar-refractivity contribution < 1.29 is 9.53 Å². The molecule has 0 aliphatic heterocycles. The lowest BCUT2D eigenvalue weighted by Crippen LogP contribution is -2.05. The summed E-state index contributed by atoms with van der Waals surface area (Å²) < 4.78 is 5.46. The molecule has 262 valence electrons. The molecule has 0 unspecified atom stereocenters. The third-order valence-corrected chi connectivity index (χ3v) is 9.33. The molecule has 0 heterocycles. The minimum Gasteiger partial charge on any atom is -0.466 e. The summed E-state index contributed by atoms with van der Waals surface area (Å²) in [6.45, 7) is 7.59. The molecule has 0 N–H and O–H groups in total. The fraction of sp³-hybridized carbons (Fsp3) is 0.929. The van der Waals surface area contributed by atoms with Crippen LogP contribution in [0.2, 0.25) is 0 Å². The van der Waals surface area contributed by atoms with Crippen molar-refractivity contribution in [2.24, 2.45) is 5.92 Å². The van der Waals surface area contributed by atoms with Crippen molar-refractivity contribution in [1.29, 1.82) is 0 Å². The summed E-state index contributed by atoms with van der Waals surface area (Å²) in [5.41, 5.74) is 0. The highest BCUT2D eigenvalue weighted by atomic mass is 16.5. The van der Waals surface area contributed by atoms with Crippen LogP contribution in [0.5, 0.6) is 0 Å². The monoisotopic (exact) mass is 619 g/mol. The first kappa shape index (κ1) is 43.2. The Labute approximate surface area is 278 Å². The molecule has 0 aromatic heterocycles. The Morgan fingerprint density at radius 3 is 1.20 bits per heavy atom.